The van der Waals surface area contributed by atoms with E-state index < -0.39 is 22.5 Å². The van der Waals surface area contributed by atoms with E-state index in [9.17, 15) is 13.2 Å². The molecule has 0 saturated heterocycles. The molecular formula is C28H25ClN2O4S. The molecule has 0 spiro atoms. The number of rotatable bonds is 9. The predicted octanol–water partition coefficient (Wildman–Crippen LogP) is 6.06. The van der Waals surface area contributed by atoms with E-state index in [1.54, 1.807) is 67.6 Å². The van der Waals surface area contributed by atoms with E-state index in [2.05, 4.69) is 5.32 Å². The highest BCUT2D eigenvalue weighted by atomic mass is 35.5. The minimum atomic E-state index is -4.03. The largest absolute Gasteiger partial charge is 0.489 e. The summed E-state index contributed by atoms with van der Waals surface area (Å²) in [4.78, 5) is 13.1. The lowest BCUT2D eigenvalue weighted by Crippen LogP contribution is -2.38. The van der Waals surface area contributed by atoms with Crippen LogP contribution < -0.4 is 14.4 Å². The molecule has 0 aromatic heterocycles. The third-order valence-electron chi connectivity index (χ3n) is 5.44. The third-order valence-corrected chi connectivity index (χ3v) is 7.45. The van der Waals surface area contributed by atoms with Crippen LogP contribution in [0.25, 0.3) is 0 Å². The summed E-state index contributed by atoms with van der Waals surface area (Å²) in [5.74, 6) is 0.159. The maximum absolute atomic E-state index is 13.5. The number of aryl methyl sites for hydroxylation is 1. The first-order chi connectivity index (χ1) is 17.3. The van der Waals surface area contributed by atoms with E-state index in [0.717, 1.165) is 9.87 Å². The Hall–Kier alpha value is -3.81. The lowest BCUT2D eigenvalue weighted by Gasteiger charge is -2.26. The molecule has 0 heterocycles. The molecular weight excluding hydrogens is 496 g/mol. The van der Waals surface area contributed by atoms with Gasteiger partial charge in [-0.3, -0.25) is 9.10 Å². The first-order valence-electron chi connectivity index (χ1n) is 11.2. The number of halogens is 1. The number of benzene rings is 4. The van der Waals surface area contributed by atoms with E-state index >= 15 is 0 Å². The van der Waals surface area contributed by atoms with E-state index in [1.807, 2.05) is 30.3 Å². The summed E-state index contributed by atoms with van der Waals surface area (Å²) in [6.45, 7) is 1.77. The number of carbonyl (C=O) groups is 1. The standard InChI is InChI=1S/C28H25ClN2O4S/c1-21-12-13-23(29)18-27(21)31(36(33,34)26-10-6-3-7-11-26)19-28(32)30-24-14-16-25(17-15-24)35-20-22-8-4-2-5-9-22/h2-18H,19-20H2,1H3,(H,30,32). The molecule has 0 fully saturated rings. The molecule has 0 unspecified atom stereocenters. The van der Waals surface area contributed by atoms with Crippen LogP contribution in [0, 0.1) is 6.92 Å². The van der Waals surface area contributed by atoms with Crippen LogP contribution in [0.2, 0.25) is 5.02 Å². The topological polar surface area (TPSA) is 75.7 Å². The Labute approximate surface area is 216 Å². The van der Waals surface area contributed by atoms with Gasteiger partial charge in [-0.2, -0.15) is 0 Å². The monoisotopic (exact) mass is 520 g/mol. The van der Waals surface area contributed by atoms with Gasteiger partial charge in [-0.1, -0.05) is 66.2 Å². The number of nitrogens with zero attached hydrogens (tertiary/aromatic N) is 1. The Bertz CT molecular complexity index is 1430. The number of nitrogens with one attached hydrogen (secondary N) is 1. The molecule has 4 rings (SSSR count). The van der Waals surface area contributed by atoms with Gasteiger partial charge in [-0.05, 0) is 66.6 Å². The Morgan fingerprint density at radius 3 is 2.19 bits per heavy atom. The van der Waals surface area contributed by atoms with Crippen LogP contribution in [0.5, 0.6) is 5.75 Å². The van der Waals surface area contributed by atoms with Gasteiger partial charge in [0.1, 0.15) is 18.9 Å². The van der Waals surface area contributed by atoms with Gasteiger partial charge >= 0.3 is 0 Å². The number of carbonyl (C=O) groups excluding carboxylic acids is 1. The van der Waals surface area contributed by atoms with Crippen LogP contribution in [0.1, 0.15) is 11.1 Å². The molecule has 0 aliphatic carbocycles. The highest BCUT2D eigenvalue weighted by molar-refractivity contribution is 7.92. The summed E-state index contributed by atoms with van der Waals surface area (Å²) in [6, 6.07) is 29.6. The molecule has 36 heavy (non-hydrogen) atoms. The van der Waals surface area contributed by atoms with Gasteiger partial charge in [0.2, 0.25) is 5.91 Å². The molecule has 0 bridgehead atoms. The van der Waals surface area contributed by atoms with Crippen LogP contribution in [-0.4, -0.2) is 20.9 Å². The van der Waals surface area contributed by atoms with E-state index in [1.165, 1.54) is 12.1 Å². The quantitative estimate of drug-likeness (QED) is 0.291. The Kier molecular flexibility index (Phi) is 7.93. The zero-order chi connectivity index (χ0) is 25.5. The zero-order valence-corrected chi connectivity index (χ0v) is 21.2. The van der Waals surface area contributed by atoms with E-state index in [0.29, 0.717) is 34.3 Å². The summed E-state index contributed by atoms with van der Waals surface area (Å²) in [6.07, 6.45) is 0. The van der Waals surface area contributed by atoms with Crippen molar-refractivity contribution < 1.29 is 17.9 Å². The summed E-state index contributed by atoms with van der Waals surface area (Å²) in [5.41, 5.74) is 2.58. The van der Waals surface area contributed by atoms with Crippen LogP contribution >= 0.6 is 11.6 Å². The summed E-state index contributed by atoms with van der Waals surface area (Å²) < 4.78 is 33.9. The van der Waals surface area contributed by atoms with Crippen molar-refractivity contribution in [1.82, 2.24) is 0 Å². The molecule has 6 nitrogen and oxygen atoms in total. The molecule has 0 saturated carbocycles. The molecule has 1 amide bonds. The van der Waals surface area contributed by atoms with Crippen LogP contribution in [0.4, 0.5) is 11.4 Å². The highest BCUT2D eigenvalue weighted by Crippen LogP contribution is 2.29. The maximum atomic E-state index is 13.5. The first-order valence-corrected chi connectivity index (χ1v) is 13.1. The molecule has 4 aromatic rings. The summed E-state index contributed by atoms with van der Waals surface area (Å²) in [7, 11) is -4.03. The fourth-order valence-corrected chi connectivity index (χ4v) is 5.24. The minimum Gasteiger partial charge on any atom is -0.489 e. The van der Waals surface area contributed by atoms with Gasteiger partial charge in [0, 0.05) is 10.7 Å². The SMILES string of the molecule is Cc1ccc(Cl)cc1N(CC(=O)Nc1ccc(OCc2ccccc2)cc1)S(=O)(=O)c1ccccc1. The van der Waals surface area contributed by atoms with Crippen molar-refractivity contribution in [1.29, 1.82) is 0 Å². The number of hydrogen-bond donors (Lipinski definition) is 1. The Balaban J connectivity index is 1.50. The van der Waals surface area contributed by atoms with Gasteiger partial charge < -0.3 is 10.1 Å². The van der Waals surface area contributed by atoms with Gasteiger partial charge in [-0.25, -0.2) is 8.42 Å². The van der Waals surface area contributed by atoms with Crippen molar-refractivity contribution in [2.24, 2.45) is 0 Å². The van der Waals surface area contributed by atoms with Crippen LogP contribution in [-0.2, 0) is 21.4 Å². The van der Waals surface area contributed by atoms with Crippen molar-refractivity contribution in [3.8, 4) is 5.75 Å². The average Bonchev–Trinajstić information content (AvgIpc) is 2.89. The lowest BCUT2D eigenvalue weighted by atomic mass is 10.2. The molecule has 0 atom stereocenters. The maximum Gasteiger partial charge on any atom is 0.264 e. The smallest absolute Gasteiger partial charge is 0.264 e. The number of hydrogen-bond acceptors (Lipinski definition) is 4. The number of anilines is 2. The zero-order valence-electron chi connectivity index (χ0n) is 19.6. The Morgan fingerprint density at radius 2 is 1.53 bits per heavy atom. The van der Waals surface area contributed by atoms with Crippen molar-refractivity contribution in [2.75, 3.05) is 16.2 Å². The molecule has 4 aromatic carbocycles. The molecule has 1 N–H and O–H groups in total. The third kappa shape index (κ3) is 6.24. The first kappa shape index (κ1) is 25.3. The molecule has 0 aliphatic rings. The summed E-state index contributed by atoms with van der Waals surface area (Å²) in [5, 5.41) is 3.14. The lowest BCUT2D eigenvalue weighted by molar-refractivity contribution is -0.114. The normalized spacial score (nSPS) is 11.1. The van der Waals surface area contributed by atoms with Gasteiger partial charge in [0.25, 0.3) is 10.0 Å². The minimum absolute atomic E-state index is 0.0806. The molecule has 8 heteroatoms. The second kappa shape index (κ2) is 11.3. The van der Waals surface area contributed by atoms with Crippen molar-refractivity contribution in [3.05, 3.63) is 119 Å². The van der Waals surface area contributed by atoms with Crippen molar-refractivity contribution in [2.45, 2.75) is 18.4 Å². The van der Waals surface area contributed by atoms with Gasteiger partial charge in [0.15, 0.2) is 0 Å². The second-order valence-electron chi connectivity index (χ2n) is 8.10. The van der Waals surface area contributed by atoms with Crippen molar-refractivity contribution >= 4 is 38.9 Å². The number of amides is 1. The predicted molar refractivity (Wildman–Crippen MR) is 143 cm³/mol. The molecule has 0 radical (unpaired) electrons. The molecule has 184 valence electrons. The summed E-state index contributed by atoms with van der Waals surface area (Å²) >= 11 is 6.17. The highest BCUT2D eigenvalue weighted by Gasteiger charge is 2.28. The second-order valence-corrected chi connectivity index (χ2v) is 10.4. The fraction of sp³-hybridized carbons (Fsp3) is 0.107. The van der Waals surface area contributed by atoms with Crippen LogP contribution in [0.3, 0.4) is 0 Å². The average molecular weight is 521 g/mol. The molecule has 0 aliphatic heterocycles. The van der Waals surface area contributed by atoms with Gasteiger partial charge in [-0.15, -0.1) is 0 Å². The number of sulfonamides is 1. The van der Waals surface area contributed by atoms with E-state index in [-0.39, 0.29) is 4.90 Å². The van der Waals surface area contributed by atoms with Crippen LogP contribution in [0.15, 0.2) is 108 Å². The Morgan fingerprint density at radius 1 is 0.889 bits per heavy atom. The van der Waals surface area contributed by atoms with Gasteiger partial charge in [0.05, 0.1) is 10.6 Å². The number of ether oxygens (including phenoxy) is 1. The fourth-order valence-electron chi connectivity index (χ4n) is 3.58. The van der Waals surface area contributed by atoms with E-state index in [4.69, 9.17) is 16.3 Å². The van der Waals surface area contributed by atoms with Crippen molar-refractivity contribution in [3.63, 3.8) is 0 Å².